The topological polar surface area (TPSA) is 43.4 Å². The average molecular weight is 208 g/mol. The van der Waals surface area contributed by atoms with Crippen molar-refractivity contribution >= 4 is 5.82 Å². The number of ether oxygens (including phenoxy) is 2. The van der Waals surface area contributed by atoms with Crippen LogP contribution in [0.3, 0.4) is 0 Å². The normalized spacial score (nSPS) is 20.2. The van der Waals surface area contributed by atoms with E-state index in [2.05, 4.69) is 10.3 Å². The smallest absolute Gasteiger partial charge is 0.214 e. The van der Waals surface area contributed by atoms with Crippen molar-refractivity contribution in [1.29, 1.82) is 0 Å². The van der Waals surface area contributed by atoms with Crippen molar-refractivity contribution < 1.29 is 9.47 Å². The van der Waals surface area contributed by atoms with E-state index in [1.54, 1.807) is 7.11 Å². The fourth-order valence-corrected chi connectivity index (χ4v) is 1.62. The van der Waals surface area contributed by atoms with Crippen molar-refractivity contribution in [1.82, 2.24) is 4.98 Å². The summed E-state index contributed by atoms with van der Waals surface area (Å²) in [5, 5.41) is 3.29. The van der Waals surface area contributed by atoms with Crippen molar-refractivity contribution in [3.05, 3.63) is 18.2 Å². The van der Waals surface area contributed by atoms with E-state index >= 15 is 0 Å². The van der Waals surface area contributed by atoms with Crippen LogP contribution in [0.5, 0.6) is 5.88 Å². The summed E-state index contributed by atoms with van der Waals surface area (Å²) in [5.74, 6) is 2.11. The Hall–Kier alpha value is -1.29. The van der Waals surface area contributed by atoms with Crippen LogP contribution in [-0.4, -0.2) is 31.9 Å². The van der Waals surface area contributed by atoms with E-state index in [4.69, 9.17) is 9.47 Å². The lowest BCUT2D eigenvalue weighted by Gasteiger charge is -2.10. The van der Waals surface area contributed by atoms with E-state index in [-0.39, 0.29) is 0 Å². The van der Waals surface area contributed by atoms with Crippen LogP contribution in [0.2, 0.25) is 0 Å². The average Bonchev–Trinajstić information content (AvgIpc) is 2.79. The van der Waals surface area contributed by atoms with Crippen LogP contribution in [0.15, 0.2) is 18.2 Å². The highest BCUT2D eigenvalue weighted by Gasteiger charge is 2.15. The highest BCUT2D eigenvalue weighted by atomic mass is 16.5. The molecule has 1 unspecified atom stereocenters. The van der Waals surface area contributed by atoms with Crippen LogP contribution >= 0.6 is 0 Å². The Morgan fingerprint density at radius 2 is 2.53 bits per heavy atom. The third-order valence-electron chi connectivity index (χ3n) is 2.53. The molecule has 0 spiro atoms. The zero-order valence-electron chi connectivity index (χ0n) is 8.90. The molecule has 0 radical (unpaired) electrons. The van der Waals surface area contributed by atoms with Gasteiger partial charge in [0.15, 0.2) is 0 Å². The minimum absolute atomic E-state index is 0.609. The summed E-state index contributed by atoms with van der Waals surface area (Å²) in [6.07, 6.45) is 1.14. The monoisotopic (exact) mass is 208 g/mol. The lowest BCUT2D eigenvalue weighted by atomic mass is 10.1. The summed E-state index contributed by atoms with van der Waals surface area (Å²) >= 11 is 0. The summed E-state index contributed by atoms with van der Waals surface area (Å²) in [7, 11) is 1.62. The van der Waals surface area contributed by atoms with E-state index in [9.17, 15) is 0 Å². The molecule has 1 saturated heterocycles. The first-order valence-corrected chi connectivity index (χ1v) is 5.21. The lowest BCUT2D eigenvalue weighted by molar-refractivity contribution is 0.187. The molecule has 0 aromatic carbocycles. The minimum atomic E-state index is 0.609. The second-order valence-electron chi connectivity index (χ2n) is 3.68. The van der Waals surface area contributed by atoms with Crippen LogP contribution in [0.1, 0.15) is 6.42 Å². The molecule has 2 rings (SSSR count). The van der Waals surface area contributed by atoms with Crippen molar-refractivity contribution in [2.75, 3.05) is 32.2 Å². The van der Waals surface area contributed by atoms with Gasteiger partial charge in [0.2, 0.25) is 5.88 Å². The standard InChI is InChI=1S/C11H16N2O2/c1-14-11-4-2-3-10(13-11)12-7-9-5-6-15-8-9/h2-4,9H,5-8H2,1H3,(H,12,13). The molecule has 2 heterocycles. The number of pyridine rings is 1. The van der Waals surface area contributed by atoms with Crippen LogP contribution < -0.4 is 10.1 Å². The molecule has 0 aliphatic carbocycles. The fraction of sp³-hybridized carbons (Fsp3) is 0.545. The molecule has 1 aliphatic rings. The van der Waals surface area contributed by atoms with Gasteiger partial charge in [-0.2, -0.15) is 4.98 Å². The number of nitrogens with zero attached hydrogens (tertiary/aromatic N) is 1. The Bertz CT molecular complexity index is 311. The van der Waals surface area contributed by atoms with Crippen molar-refractivity contribution in [2.45, 2.75) is 6.42 Å². The molecule has 0 bridgehead atoms. The molecular formula is C11H16N2O2. The molecule has 1 fully saturated rings. The van der Waals surface area contributed by atoms with E-state index in [1.165, 1.54) is 0 Å². The molecule has 1 aromatic rings. The predicted octanol–water partition coefficient (Wildman–Crippen LogP) is 1.54. The van der Waals surface area contributed by atoms with Crippen molar-refractivity contribution in [2.24, 2.45) is 5.92 Å². The zero-order valence-corrected chi connectivity index (χ0v) is 8.90. The Morgan fingerprint density at radius 3 is 3.27 bits per heavy atom. The van der Waals surface area contributed by atoms with Gasteiger partial charge in [-0.15, -0.1) is 0 Å². The van der Waals surface area contributed by atoms with Gasteiger partial charge in [0.1, 0.15) is 5.82 Å². The van der Waals surface area contributed by atoms with Gasteiger partial charge >= 0.3 is 0 Å². The minimum Gasteiger partial charge on any atom is -0.481 e. The summed E-state index contributed by atoms with van der Waals surface area (Å²) in [5.41, 5.74) is 0. The second-order valence-corrected chi connectivity index (χ2v) is 3.68. The fourth-order valence-electron chi connectivity index (χ4n) is 1.62. The molecule has 82 valence electrons. The Kier molecular flexibility index (Phi) is 3.40. The molecule has 4 nitrogen and oxygen atoms in total. The summed E-state index contributed by atoms with van der Waals surface area (Å²) in [6.45, 7) is 2.66. The molecule has 1 aliphatic heterocycles. The number of aromatic nitrogens is 1. The first-order valence-electron chi connectivity index (χ1n) is 5.21. The van der Waals surface area contributed by atoms with Gasteiger partial charge in [-0.25, -0.2) is 0 Å². The van der Waals surface area contributed by atoms with Gasteiger partial charge in [-0.1, -0.05) is 6.07 Å². The molecule has 1 aromatic heterocycles. The third-order valence-corrected chi connectivity index (χ3v) is 2.53. The number of hydrogen-bond donors (Lipinski definition) is 1. The first kappa shape index (κ1) is 10.2. The van der Waals surface area contributed by atoms with Gasteiger partial charge in [0.05, 0.1) is 13.7 Å². The number of nitrogens with one attached hydrogen (secondary N) is 1. The largest absolute Gasteiger partial charge is 0.481 e. The Labute approximate surface area is 89.6 Å². The molecule has 0 amide bonds. The predicted molar refractivity (Wildman–Crippen MR) is 58.2 cm³/mol. The maximum absolute atomic E-state index is 5.31. The lowest BCUT2D eigenvalue weighted by Crippen LogP contribution is -2.14. The first-order chi connectivity index (χ1) is 7.38. The van der Waals surface area contributed by atoms with Crippen LogP contribution in [0, 0.1) is 5.92 Å². The van der Waals surface area contributed by atoms with Crippen molar-refractivity contribution in [3.8, 4) is 5.88 Å². The molecule has 0 saturated carbocycles. The van der Waals surface area contributed by atoms with Gasteiger partial charge in [-0.3, -0.25) is 0 Å². The van der Waals surface area contributed by atoms with Gasteiger partial charge < -0.3 is 14.8 Å². The van der Waals surface area contributed by atoms with Crippen LogP contribution in [-0.2, 0) is 4.74 Å². The molecule has 1 N–H and O–H groups in total. The van der Waals surface area contributed by atoms with E-state index in [0.717, 1.165) is 32.0 Å². The number of anilines is 1. The van der Waals surface area contributed by atoms with Crippen LogP contribution in [0.4, 0.5) is 5.82 Å². The van der Waals surface area contributed by atoms with Gasteiger partial charge in [-0.05, 0) is 12.5 Å². The number of rotatable bonds is 4. The molecule has 1 atom stereocenters. The highest BCUT2D eigenvalue weighted by Crippen LogP contribution is 2.15. The maximum atomic E-state index is 5.31. The second kappa shape index (κ2) is 4.98. The maximum Gasteiger partial charge on any atom is 0.214 e. The SMILES string of the molecule is COc1cccc(NCC2CCOC2)n1. The summed E-state index contributed by atoms with van der Waals surface area (Å²) in [4.78, 5) is 4.28. The molecular weight excluding hydrogens is 192 g/mol. The third kappa shape index (κ3) is 2.83. The Balaban J connectivity index is 1.86. The zero-order chi connectivity index (χ0) is 10.5. The molecule has 4 heteroatoms. The highest BCUT2D eigenvalue weighted by molar-refractivity contribution is 5.36. The van der Waals surface area contributed by atoms with E-state index in [0.29, 0.717) is 11.8 Å². The van der Waals surface area contributed by atoms with E-state index < -0.39 is 0 Å². The molecule has 15 heavy (non-hydrogen) atoms. The van der Waals surface area contributed by atoms with Crippen LogP contribution in [0.25, 0.3) is 0 Å². The van der Waals surface area contributed by atoms with E-state index in [1.807, 2.05) is 18.2 Å². The summed E-state index contributed by atoms with van der Waals surface area (Å²) < 4.78 is 10.4. The number of methoxy groups -OCH3 is 1. The van der Waals surface area contributed by atoms with Gasteiger partial charge in [0.25, 0.3) is 0 Å². The van der Waals surface area contributed by atoms with Crippen molar-refractivity contribution in [3.63, 3.8) is 0 Å². The quantitative estimate of drug-likeness (QED) is 0.815. The Morgan fingerprint density at radius 1 is 1.60 bits per heavy atom. The van der Waals surface area contributed by atoms with Gasteiger partial charge in [0, 0.05) is 25.1 Å². The number of hydrogen-bond acceptors (Lipinski definition) is 4. The summed E-state index contributed by atoms with van der Waals surface area (Å²) in [6, 6.07) is 5.71.